The van der Waals surface area contributed by atoms with Crippen molar-refractivity contribution >= 4 is 17.3 Å². The lowest BCUT2D eigenvalue weighted by Crippen LogP contribution is -2.38. The number of anilines is 1. The second kappa shape index (κ2) is 7.09. The van der Waals surface area contributed by atoms with E-state index in [0.717, 1.165) is 32.3 Å². The molecule has 0 aromatic carbocycles. The molecule has 2 N–H and O–H groups in total. The van der Waals surface area contributed by atoms with E-state index in [4.69, 9.17) is 16.3 Å². The van der Waals surface area contributed by atoms with E-state index in [0.29, 0.717) is 11.6 Å². The van der Waals surface area contributed by atoms with Crippen molar-refractivity contribution in [3.8, 4) is 0 Å². The van der Waals surface area contributed by atoms with Crippen LogP contribution < -0.4 is 10.9 Å². The summed E-state index contributed by atoms with van der Waals surface area (Å²) in [6.07, 6.45) is 5.95. The molecule has 0 saturated carbocycles. The smallest absolute Gasteiger partial charge is 0.285 e. The Kier molecular flexibility index (Phi) is 5.43. The molecule has 1 fully saturated rings. The third-order valence-electron chi connectivity index (χ3n) is 4.04. The molecule has 0 amide bonds. The molecule has 1 aliphatic rings. The normalized spacial score (nSPS) is 23.0. The molecule has 1 aliphatic heterocycles. The highest BCUT2D eigenvalue weighted by Gasteiger charge is 2.28. The third-order valence-corrected chi connectivity index (χ3v) is 4.42. The number of rotatable bonds is 5. The zero-order valence-corrected chi connectivity index (χ0v) is 12.7. The first-order valence-electron chi connectivity index (χ1n) is 7.27. The summed E-state index contributed by atoms with van der Waals surface area (Å²) in [5, 5.41) is 9.60. The van der Waals surface area contributed by atoms with Gasteiger partial charge in [0.25, 0.3) is 5.56 Å². The molecule has 2 unspecified atom stereocenters. The molecule has 1 aromatic heterocycles. The number of aromatic amines is 1. The van der Waals surface area contributed by atoms with E-state index in [1.54, 1.807) is 6.20 Å². The lowest BCUT2D eigenvalue weighted by Gasteiger charge is -2.34. The quantitative estimate of drug-likeness (QED) is 0.877. The van der Waals surface area contributed by atoms with E-state index in [9.17, 15) is 4.79 Å². The van der Waals surface area contributed by atoms with Crippen LogP contribution in [0.15, 0.2) is 11.0 Å². The highest BCUT2D eigenvalue weighted by molar-refractivity contribution is 6.32. The Morgan fingerprint density at radius 3 is 3.00 bits per heavy atom. The molecular formula is C14H22ClN3O2. The fraction of sp³-hybridized carbons (Fsp3) is 0.714. The maximum atomic E-state index is 11.4. The van der Waals surface area contributed by atoms with Gasteiger partial charge in [-0.3, -0.25) is 4.79 Å². The first-order chi connectivity index (χ1) is 9.65. The van der Waals surface area contributed by atoms with E-state index in [1.807, 2.05) is 0 Å². The highest BCUT2D eigenvalue weighted by atomic mass is 35.5. The number of ether oxygens (including phenoxy) is 1. The van der Waals surface area contributed by atoms with Gasteiger partial charge in [0, 0.05) is 12.6 Å². The van der Waals surface area contributed by atoms with Crippen LogP contribution >= 0.6 is 11.6 Å². The number of hydrogen-bond acceptors (Lipinski definition) is 4. The summed E-state index contributed by atoms with van der Waals surface area (Å²) in [5.41, 5.74) is 0.242. The molecule has 5 nitrogen and oxygen atoms in total. The topological polar surface area (TPSA) is 67.0 Å². The van der Waals surface area contributed by atoms with E-state index >= 15 is 0 Å². The van der Waals surface area contributed by atoms with Crippen LogP contribution in [-0.4, -0.2) is 29.0 Å². The largest absolute Gasteiger partial charge is 0.379 e. The molecule has 0 bridgehead atoms. The van der Waals surface area contributed by atoms with Crippen molar-refractivity contribution in [2.24, 2.45) is 5.92 Å². The van der Waals surface area contributed by atoms with Crippen molar-refractivity contribution in [3.63, 3.8) is 0 Å². The van der Waals surface area contributed by atoms with Gasteiger partial charge < -0.3 is 10.1 Å². The molecule has 112 valence electrons. The maximum absolute atomic E-state index is 11.4. The SMILES string of the molecule is CCC(CC)C1CC(Nc2cn[nH]c(=O)c2Cl)CCO1. The summed E-state index contributed by atoms with van der Waals surface area (Å²) in [7, 11) is 0. The lowest BCUT2D eigenvalue weighted by atomic mass is 9.89. The van der Waals surface area contributed by atoms with Gasteiger partial charge >= 0.3 is 0 Å². The molecule has 2 rings (SSSR count). The van der Waals surface area contributed by atoms with Crippen molar-refractivity contribution in [3.05, 3.63) is 21.6 Å². The number of nitrogens with one attached hydrogen (secondary N) is 2. The number of nitrogens with zero attached hydrogens (tertiary/aromatic N) is 1. The van der Waals surface area contributed by atoms with Crippen LogP contribution in [0.3, 0.4) is 0 Å². The summed E-state index contributed by atoms with van der Waals surface area (Å²) in [6, 6.07) is 0.274. The summed E-state index contributed by atoms with van der Waals surface area (Å²) in [6.45, 7) is 5.14. The predicted molar refractivity (Wildman–Crippen MR) is 80.3 cm³/mol. The van der Waals surface area contributed by atoms with Gasteiger partial charge in [-0.2, -0.15) is 5.10 Å². The molecule has 1 aromatic rings. The first-order valence-corrected chi connectivity index (χ1v) is 7.64. The van der Waals surface area contributed by atoms with Gasteiger partial charge in [-0.15, -0.1) is 0 Å². The number of hydrogen-bond donors (Lipinski definition) is 2. The van der Waals surface area contributed by atoms with Crippen LogP contribution in [0.25, 0.3) is 0 Å². The summed E-state index contributed by atoms with van der Waals surface area (Å²) >= 11 is 5.99. The standard InChI is InChI=1S/C14H22ClN3O2/c1-3-9(4-2)12-7-10(5-6-20-12)17-11-8-16-18-14(19)13(11)15/h8-10,12H,3-7H2,1-2H3,(H2,17,18,19). The van der Waals surface area contributed by atoms with E-state index in [-0.39, 0.29) is 22.7 Å². The molecule has 6 heteroatoms. The zero-order valence-electron chi connectivity index (χ0n) is 12.0. The summed E-state index contributed by atoms with van der Waals surface area (Å²) in [4.78, 5) is 11.4. The van der Waals surface area contributed by atoms with Crippen LogP contribution in [0, 0.1) is 5.92 Å². The minimum Gasteiger partial charge on any atom is -0.379 e. The molecule has 0 spiro atoms. The monoisotopic (exact) mass is 299 g/mol. The molecule has 2 atom stereocenters. The first kappa shape index (κ1) is 15.3. The summed E-state index contributed by atoms with van der Waals surface area (Å²) in [5.74, 6) is 0.590. The van der Waals surface area contributed by atoms with E-state index in [2.05, 4.69) is 29.4 Å². The van der Waals surface area contributed by atoms with Crippen LogP contribution in [0.1, 0.15) is 39.5 Å². The van der Waals surface area contributed by atoms with Crippen LogP contribution in [0.4, 0.5) is 5.69 Å². The van der Waals surface area contributed by atoms with Crippen molar-refractivity contribution in [2.45, 2.75) is 51.7 Å². The average molecular weight is 300 g/mol. The van der Waals surface area contributed by atoms with Gasteiger partial charge in [0.05, 0.1) is 18.0 Å². The molecular weight excluding hydrogens is 278 g/mol. The number of halogens is 1. The fourth-order valence-electron chi connectivity index (χ4n) is 2.81. The third kappa shape index (κ3) is 3.52. The Morgan fingerprint density at radius 2 is 2.30 bits per heavy atom. The van der Waals surface area contributed by atoms with Crippen LogP contribution in [-0.2, 0) is 4.74 Å². The summed E-state index contributed by atoms with van der Waals surface area (Å²) < 4.78 is 5.89. The van der Waals surface area contributed by atoms with Gasteiger partial charge in [-0.05, 0) is 18.8 Å². The Morgan fingerprint density at radius 1 is 1.55 bits per heavy atom. The van der Waals surface area contributed by atoms with Gasteiger partial charge in [-0.25, -0.2) is 5.10 Å². The molecule has 2 heterocycles. The van der Waals surface area contributed by atoms with Gasteiger partial charge in [0.15, 0.2) is 0 Å². The number of H-pyrrole nitrogens is 1. The minimum absolute atomic E-state index is 0.172. The van der Waals surface area contributed by atoms with Crippen molar-refractivity contribution in [2.75, 3.05) is 11.9 Å². The maximum Gasteiger partial charge on any atom is 0.285 e. The Labute approximate surface area is 124 Å². The molecule has 0 radical (unpaired) electrons. The van der Waals surface area contributed by atoms with Crippen LogP contribution in [0.5, 0.6) is 0 Å². The lowest BCUT2D eigenvalue weighted by molar-refractivity contribution is -0.0271. The van der Waals surface area contributed by atoms with Gasteiger partial charge in [0.2, 0.25) is 0 Å². The van der Waals surface area contributed by atoms with Gasteiger partial charge in [0.1, 0.15) is 5.02 Å². The second-order valence-electron chi connectivity index (χ2n) is 5.28. The van der Waals surface area contributed by atoms with Crippen LogP contribution in [0.2, 0.25) is 5.02 Å². The fourth-order valence-corrected chi connectivity index (χ4v) is 2.95. The predicted octanol–water partition coefficient (Wildman–Crippen LogP) is 2.82. The van der Waals surface area contributed by atoms with Crippen molar-refractivity contribution < 1.29 is 4.74 Å². The molecule has 20 heavy (non-hydrogen) atoms. The zero-order chi connectivity index (χ0) is 14.5. The van der Waals surface area contributed by atoms with Gasteiger partial charge in [-0.1, -0.05) is 38.3 Å². The Bertz CT molecular complexity index is 488. The van der Waals surface area contributed by atoms with E-state index in [1.165, 1.54) is 0 Å². The number of aromatic nitrogens is 2. The van der Waals surface area contributed by atoms with E-state index < -0.39 is 0 Å². The van der Waals surface area contributed by atoms with Crippen molar-refractivity contribution in [1.82, 2.24) is 10.2 Å². The molecule has 1 saturated heterocycles. The van der Waals surface area contributed by atoms with Crippen molar-refractivity contribution in [1.29, 1.82) is 0 Å². The minimum atomic E-state index is -0.361. The second-order valence-corrected chi connectivity index (χ2v) is 5.66. The molecule has 0 aliphatic carbocycles. The Hall–Kier alpha value is -1.07. The average Bonchev–Trinajstić information content (AvgIpc) is 2.46. The highest BCUT2D eigenvalue weighted by Crippen LogP contribution is 2.27. The Balaban J connectivity index is 2.02.